The lowest BCUT2D eigenvalue weighted by Gasteiger charge is -2.17. The zero-order chi connectivity index (χ0) is 18.4. The second-order valence-electron chi connectivity index (χ2n) is 6.07. The summed E-state index contributed by atoms with van der Waals surface area (Å²) in [6.45, 7) is 6.08. The Bertz CT molecular complexity index is 760. The topological polar surface area (TPSA) is 72.2 Å². The van der Waals surface area contributed by atoms with Crippen LogP contribution in [0.15, 0.2) is 42.5 Å². The molecule has 0 aliphatic heterocycles. The van der Waals surface area contributed by atoms with Gasteiger partial charge in [-0.3, -0.25) is 14.9 Å². The highest BCUT2D eigenvalue weighted by molar-refractivity contribution is 7.99. The fraction of sp³-hybridized carbons (Fsp3) is 0.316. The third-order valence-electron chi connectivity index (χ3n) is 3.92. The summed E-state index contributed by atoms with van der Waals surface area (Å²) >= 11 is 1.49. The molecule has 0 saturated heterocycles. The van der Waals surface area contributed by atoms with Crippen LogP contribution >= 0.6 is 11.8 Å². The standard InChI is InChI=1S/C19H22N2O3S/c1-13-4-9-18(14(2)10-13)15(3)20-19(22)12-25-11-16-5-7-17(8-6-16)21(23)24/h4-10,15H,11-12H2,1-3H3,(H,20,22). The summed E-state index contributed by atoms with van der Waals surface area (Å²) < 4.78 is 0. The lowest BCUT2D eigenvalue weighted by atomic mass is 10.0. The second kappa shape index (κ2) is 8.67. The van der Waals surface area contributed by atoms with Crippen molar-refractivity contribution in [2.45, 2.75) is 32.6 Å². The largest absolute Gasteiger partial charge is 0.349 e. The van der Waals surface area contributed by atoms with Crippen LogP contribution in [0.1, 0.15) is 35.2 Å². The Morgan fingerprint density at radius 3 is 2.48 bits per heavy atom. The minimum Gasteiger partial charge on any atom is -0.349 e. The van der Waals surface area contributed by atoms with Crippen molar-refractivity contribution in [3.05, 3.63) is 74.8 Å². The van der Waals surface area contributed by atoms with Gasteiger partial charge in [-0.1, -0.05) is 35.9 Å². The second-order valence-corrected chi connectivity index (χ2v) is 7.05. The van der Waals surface area contributed by atoms with Gasteiger partial charge in [0.15, 0.2) is 0 Å². The number of rotatable bonds is 7. The maximum absolute atomic E-state index is 12.1. The average molecular weight is 358 g/mol. The number of thioether (sulfide) groups is 1. The van der Waals surface area contributed by atoms with Gasteiger partial charge in [-0.15, -0.1) is 11.8 Å². The number of carbonyl (C=O) groups is 1. The Labute approximate surface area is 152 Å². The number of amides is 1. The van der Waals surface area contributed by atoms with E-state index in [1.807, 2.05) is 19.9 Å². The van der Waals surface area contributed by atoms with Gasteiger partial charge < -0.3 is 5.32 Å². The van der Waals surface area contributed by atoms with Gasteiger partial charge in [0, 0.05) is 17.9 Å². The van der Waals surface area contributed by atoms with E-state index in [1.54, 1.807) is 12.1 Å². The molecule has 0 spiro atoms. The van der Waals surface area contributed by atoms with E-state index >= 15 is 0 Å². The zero-order valence-corrected chi connectivity index (χ0v) is 15.4. The Morgan fingerprint density at radius 1 is 1.20 bits per heavy atom. The number of carbonyl (C=O) groups excluding carboxylic acids is 1. The van der Waals surface area contributed by atoms with Crippen LogP contribution in [-0.4, -0.2) is 16.6 Å². The van der Waals surface area contributed by atoms with Crippen molar-refractivity contribution in [3.8, 4) is 0 Å². The number of non-ortho nitro benzene ring substituents is 1. The van der Waals surface area contributed by atoms with E-state index in [0.717, 1.165) is 11.1 Å². The third kappa shape index (κ3) is 5.60. The number of aryl methyl sites for hydroxylation is 2. The molecule has 2 aromatic rings. The summed E-state index contributed by atoms with van der Waals surface area (Å²) in [5.41, 5.74) is 4.55. The fourth-order valence-electron chi connectivity index (χ4n) is 2.65. The van der Waals surface area contributed by atoms with E-state index in [9.17, 15) is 14.9 Å². The van der Waals surface area contributed by atoms with Gasteiger partial charge >= 0.3 is 0 Å². The summed E-state index contributed by atoms with van der Waals surface area (Å²) in [6.07, 6.45) is 0. The van der Waals surface area contributed by atoms with E-state index in [4.69, 9.17) is 0 Å². The molecule has 6 heteroatoms. The first-order valence-electron chi connectivity index (χ1n) is 8.04. The van der Waals surface area contributed by atoms with Crippen molar-refractivity contribution < 1.29 is 9.72 Å². The highest BCUT2D eigenvalue weighted by Gasteiger charge is 2.12. The van der Waals surface area contributed by atoms with Crippen molar-refractivity contribution in [1.29, 1.82) is 0 Å². The highest BCUT2D eigenvalue weighted by atomic mass is 32.2. The maximum atomic E-state index is 12.1. The molecule has 0 heterocycles. The van der Waals surface area contributed by atoms with Crippen LogP contribution in [0.2, 0.25) is 0 Å². The molecule has 0 bridgehead atoms. The number of hydrogen-bond acceptors (Lipinski definition) is 4. The first-order valence-corrected chi connectivity index (χ1v) is 9.20. The quantitative estimate of drug-likeness (QED) is 0.591. The van der Waals surface area contributed by atoms with Crippen LogP contribution in [0.4, 0.5) is 5.69 Å². The van der Waals surface area contributed by atoms with E-state index < -0.39 is 4.92 Å². The van der Waals surface area contributed by atoms with Crippen molar-refractivity contribution in [3.63, 3.8) is 0 Å². The van der Waals surface area contributed by atoms with Gasteiger partial charge in [0.05, 0.1) is 16.7 Å². The lowest BCUT2D eigenvalue weighted by molar-refractivity contribution is -0.384. The molecule has 0 aliphatic rings. The van der Waals surface area contributed by atoms with Crippen LogP contribution in [0, 0.1) is 24.0 Å². The molecule has 2 aromatic carbocycles. The minimum atomic E-state index is -0.418. The number of benzene rings is 2. The molecule has 1 amide bonds. The van der Waals surface area contributed by atoms with Crippen LogP contribution in [-0.2, 0) is 10.5 Å². The molecule has 1 unspecified atom stereocenters. The van der Waals surface area contributed by atoms with Crippen LogP contribution in [0.5, 0.6) is 0 Å². The molecule has 0 aliphatic carbocycles. The van der Waals surface area contributed by atoms with Crippen LogP contribution in [0.3, 0.4) is 0 Å². The molecular formula is C19H22N2O3S. The van der Waals surface area contributed by atoms with Gasteiger partial charge in [0.25, 0.3) is 5.69 Å². The predicted molar refractivity (Wildman–Crippen MR) is 102 cm³/mol. The normalized spacial score (nSPS) is 11.8. The molecule has 0 fully saturated rings. The molecule has 0 radical (unpaired) electrons. The first-order chi connectivity index (χ1) is 11.9. The molecule has 1 N–H and O–H groups in total. The Morgan fingerprint density at radius 2 is 1.88 bits per heavy atom. The molecule has 5 nitrogen and oxygen atoms in total. The smallest absolute Gasteiger partial charge is 0.269 e. The van der Waals surface area contributed by atoms with Gasteiger partial charge in [-0.2, -0.15) is 0 Å². The number of hydrogen-bond donors (Lipinski definition) is 1. The van der Waals surface area contributed by atoms with E-state index in [0.29, 0.717) is 11.5 Å². The minimum absolute atomic E-state index is 0.0145. The molecular weight excluding hydrogens is 336 g/mol. The Kier molecular flexibility index (Phi) is 6.58. The number of nitro benzene ring substituents is 1. The SMILES string of the molecule is Cc1ccc(C(C)NC(=O)CSCc2ccc([N+](=O)[O-])cc2)c(C)c1. The molecule has 0 aromatic heterocycles. The van der Waals surface area contributed by atoms with E-state index in [-0.39, 0.29) is 17.6 Å². The summed E-state index contributed by atoms with van der Waals surface area (Å²) in [5, 5.41) is 13.6. The molecule has 2 rings (SSSR count). The molecule has 25 heavy (non-hydrogen) atoms. The monoisotopic (exact) mass is 358 g/mol. The average Bonchev–Trinajstić information content (AvgIpc) is 2.55. The number of nitrogens with one attached hydrogen (secondary N) is 1. The highest BCUT2D eigenvalue weighted by Crippen LogP contribution is 2.20. The van der Waals surface area contributed by atoms with Crippen molar-refractivity contribution >= 4 is 23.4 Å². The zero-order valence-electron chi connectivity index (χ0n) is 14.6. The van der Waals surface area contributed by atoms with Crippen LogP contribution < -0.4 is 5.32 Å². The maximum Gasteiger partial charge on any atom is 0.269 e. The third-order valence-corrected chi connectivity index (χ3v) is 4.92. The number of nitro groups is 1. The Balaban J connectivity index is 1.81. The van der Waals surface area contributed by atoms with Crippen molar-refractivity contribution in [1.82, 2.24) is 5.32 Å². The van der Waals surface area contributed by atoms with Gasteiger partial charge in [-0.05, 0) is 37.5 Å². The van der Waals surface area contributed by atoms with Crippen LogP contribution in [0.25, 0.3) is 0 Å². The number of nitrogens with zero attached hydrogens (tertiary/aromatic N) is 1. The summed E-state index contributed by atoms with van der Waals surface area (Å²) in [6, 6.07) is 12.6. The van der Waals surface area contributed by atoms with Gasteiger partial charge in [0.1, 0.15) is 0 Å². The van der Waals surface area contributed by atoms with Crippen molar-refractivity contribution in [2.24, 2.45) is 0 Å². The summed E-state index contributed by atoms with van der Waals surface area (Å²) in [5.74, 6) is 0.981. The fourth-order valence-corrected chi connectivity index (χ4v) is 3.45. The van der Waals surface area contributed by atoms with Gasteiger partial charge in [-0.25, -0.2) is 0 Å². The van der Waals surface area contributed by atoms with E-state index in [1.165, 1.54) is 35.0 Å². The Hall–Kier alpha value is -2.34. The van der Waals surface area contributed by atoms with Gasteiger partial charge in [0.2, 0.25) is 5.91 Å². The predicted octanol–water partition coefficient (Wildman–Crippen LogP) is 4.32. The molecule has 132 valence electrons. The summed E-state index contributed by atoms with van der Waals surface area (Å²) in [4.78, 5) is 22.3. The van der Waals surface area contributed by atoms with Crippen molar-refractivity contribution in [2.75, 3.05) is 5.75 Å². The molecule has 0 saturated carbocycles. The summed E-state index contributed by atoms with van der Waals surface area (Å²) in [7, 11) is 0. The molecule has 1 atom stereocenters. The lowest BCUT2D eigenvalue weighted by Crippen LogP contribution is -2.28. The first kappa shape index (κ1) is 19.0. The van der Waals surface area contributed by atoms with E-state index in [2.05, 4.69) is 24.4 Å².